The van der Waals surface area contributed by atoms with Gasteiger partial charge in [-0.2, -0.15) is 0 Å². The van der Waals surface area contributed by atoms with E-state index < -0.39 is 0 Å². The van der Waals surface area contributed by atoms with Crippen molar-refractivity contribution in [2.24, 2.45) is 0 Å². The Hall–Kier alpha value is -2.57. The molecule has 0 unspecified atom stereocenters. The van der Waals surface area contributed by atoms with E-state index in [4.69, 9.17) is 0 Å². The zero-order valence-electron chi connectivity index (χ0n) is 16.5. The highest BCUT2D eigenvalue weighted by Gasteiger charge is 2.28. The second kappa shape index (κ2) is 8.20. The standard InChI is InChI=1S/C21H29N5O2/c1-15-7-8-17-18(13-15)24-19(23-17)14-22-21(28)26-11-3-2-5-16(26)9-12-25-10-4-6-20(25)27/h7-8,13,16H,2-6,9-12,14H2,1H3,(H,22,28)(H,23,24)/t16-/m1/s1. The Morgan fingerprint density at radius 2 is 2.18 bits per heavy atom. The largest absolute Gasteiger partial charge is 0.343 e. The molecule has 3 heterocycles. The maximum absolute atomic E-state index is 12.8. The van der Waals surface area contributed by atoms with Crippen LogP contribution in [0, 0.1) is 6.92 Å². The molecule has 0 spiro atoms. The van der Waals surface area contributed by atoms with E-state index >= 15 is 0 Å². The number of amides is 3. The third-order valence-electron chi connectivity index (χ3n) is 5.89. The molecular weight excluding hydrogens is 354 g/mol. The van der Waals surface area contributed by atoms with Crippen LogP contribution < -0.4 is 5.32 Å². The first-order chi connectivity index (χ1) is 13.6. The molecule has 2 saturated heterocycles. The van der Waals surface area contributed by atoms with Crippen LogP contribution in [-0.2, 0) is 11.3 Å². The SMILES string of the molecule is Cc1ccc2nc(CNC(=O)N3CCCC[C@@H]3CCN3CCCC3=O)[nH]c2c1. The van der Waals surface area contributed by atoms with Gasteiger partial charge in [-0.25, -0.2) is 9.78 Å². The van der Waals surface area contributed by atoms with Gasteiger partial charge in [0.2, 0.25) is 5.91 Å². The number of piperidine rings is 1. The number of imidazole rings is 1. The third-order valence-corrected chi connectivity index (χ3v) is 5.89. The summed E-state index contributed by atoms with van der Waals surface area (Å²) in [6, 6.07) is 6.27. The molecule has 0 aliphatic carbocycles. The van der Waals surface area contributed by atoms with E-state index in [0.29, 0.717) is 13.0 Å². The van der Waals surface area contributed by atoms with Gasteiger partial charge in [0.15, 0.2) is 0 Å². The molecule has 28 heavy (non-hydrogen) atoms. The number of aromatic nitrogens is 2. The zero-order chi connectivity index (χ0) is 19.5. The van der Waals surface area contributed by atoms with Gasteiger partial charge in [-0.3, -0.25) is 4.79 Å². The fraction of sp³-hybridized carbons (Fsp3) is 0.571. The van der Waals surface area contributed by atoms with Crippen molar-refractivity contribution in [2.45, 2.75) is 58.0 Å². The van der Waals surface area contributed by atoms with Crippen LogP contribution in [0.15, 0.2) is 18.2 Å². The maximum atomic E-state index is 12.8. The van der Waals surface area contributed by atoms with E-state index in [1.54, 1.807) is 0 Å². The summed E-state index contributed by atoms with van der Waals surface area (Å²) in [5.41, 5.74) is 3.09. The predicted octanol–water partition coefficient (Wildman–Crippen LogP) is 2.95. The van der Waals surface area contributed by atoms with E-state index in [0.717, 1.165) is 68.6 Å². The van der Waals surface area contributed by atoms with Crippen molar-refractivity contribution in [1.82, 2.24) is 25.1 Å². The van der Waals surface area contributed by atoms with Crippen molar-refractivity contribution in [3.8, 4) is 0 Å². The van der Waals surface area contributed by atoms with Crippen molar-refractivity contribution >= 4 is 23.0 Å². The number of rotatable bonds is 5. The highest BCUT2D eigenvalue weighted by atomic mass is 16.2. The average Bonchev–Trinajstić information content (AvgIpc) is 3.29. The van der Waals surface area contributed by atoms with Gasteiger partial charge in [0.05, 0.1) is 17.6 Å². The van der Waals surface area contributed by atoms with Crippen LogP contribution in [0.5, 0.6) is 0 Å². The second-order valence-electron chi connectivity index (χ2n) is 7.98. The molecule has 7 nitrogen and oxygen atoms in total. The number of nitrogens with zero attached hydrogens (tertiary/aromatic N) is 3. The van der Waals surface area contributed by atoms with Gasteiger partial charge in [0, 0.05) is 32.1 Å². The molecule has 1 aromatic heterocycles. The molecule has 1 aromatic carbocycles. The third kappa shape index (κ3) is 4.13. The highest BCUT2D eigenvalue weighted by molar-refractivity contribution is 5.78. The summed E-state index contributed by atoms with van der Waals surface area (Å²) in [7, 11) is 0. The first kappa shape index (κ1) is 18.8. The quantitative estimate of drug-likeness (QED) is 0.833. The number of fused-ring (bicyclic) bond motifs is 1. The van der Waals surface area contributed by atoms with Crippen molar-refractivity contribution in [2.75, 3.05) is 19.6 Å². The van der Waals surface area contributed by atoms with Crippen molar-refractivity contribution in [3.63, 3.8) is 0 Å². The van der Waals surface area contributed by atoms with Gasteiger partial charge in [-0.15, -0.1) is 0 Å². The molecule has 0 radical (unpaired) electrons. The number of benzene rings is 1. The van der Waals surface area contributed by atoms with Gasteiger partial charge < -0.3 is 20.1 Å². The molecule has 150 valence electrons. The van der Waals surface area contributed by atoms with Gasteiger partial charge in [0.25, 0.3) is 0 Å². The number of urea groups is 1. The Morgan fingerprint density at radius 3 is 3.00 bits per heavy atom. The fourth-order valence-electron chi connectivity index (χ4n) is 4.33. The van der Waals surface area contributed by atoms with Gasteiger partial charge >= 0.3 is 6.03 Å². The fourth-order valence-corrected chi connectivity index (χ4v) is 4.33. The van der Waals surface area contributed by atoms with Crippen molar-refractivity contribution < 1.29 is 9.59 Å². The normalized spacial score (nSPS) is 20.2. The zero-order valence-corrected chi connectivity index (χ0v) is 16.5. The summed E-state index contributed by atoms with van der Waals surface area (Å²) in [4.78, 5) is 36.4. The molecular formula is C21H29N5O2. The number of carbonyl (C=O) groups excluding carboxylic acids is 2. The molecule has 4 rings (SSSR count). The number of aryl methyl sites for hydroxylation is 1. The summed E-state index contributed by atoms with van der Waals surface area (Å²) in [5.74, 6) is 1.03. The lowest BCUT2D eigenvalue weighted by molar-refractivity contribution is -0.127. The summed E-state index contributed by atoms with van der Waals surface area (Å²) in [5, 5.41) is 3.02. The number of hydrogen-bond acceptors (Lipinski definition) is 3. The van der Waals surface area contributed by atoms with Crippen LogP contribution >= 0.6 is 0 Å². The van der Waals surface area contributed by atoms with Gasteiger partial charge in [-0.1, -0.05) is 6.07 Å². The minimum atomic E-state index is -0.0333. The molecule has 2 aromatic rings. The number of likely N-dealkylation sites (tertiary alicyclic amines) is 2. The Bertz CT molecular complexity index is 862. The number of nitrogens with one attached hydrogen (secondary N) is 2. The van der Waals surface area contributed by atoms with Crippen LogP contribution in [0.4, 0.5) is 4.79 Å². The van der Waals surface area contributed by atoms with E-state index in [2.05, 4.69) is 21.4 Å². The van der Waals surface area contributed by atoms with E-state index in [9.17, 15) is 9.59 Å². The first-order valence-corrected chi connectivity index (χ1v) is 10.4. The topological polar surface area (TPSA) is 81.3 Å². The highest BCUT2D eigenvalue weighted by Crippen LogP contribution is 2.21. The minimum Gasteiger partial charge on any atom is -0.343 e. The summed E-state index contributed by atoms with van der Waals surface area (Å²) in [6.07, 6.45) is 5.70. The predicted molar refractivity (Wildman–Crippen MR) is 108 cm³/mol. The lowest BCUT2D eigenvalue weighted by Crippen LogP contribution is -2.49. The lowest BCUT2D eigenvalue weighted by Gasteiger charge is -2.36. The summed E-state index contributed by atoms with van der Waals surface area (Å²) < 4.78 is 0. The van der Waals surface area contributed by atoms with Crippen LogP contribution in [0.1, 0.15) is 49.9 Å². The van der Waals surface area contributed by atoms with Crippen molar-refractivity contribution in [1.29, 1.82) is 0 Å². The molecule has 2 aliphatic rings. The number of hydrogen-bond donors (Lipinski definition) is 2. The van der Waals surface area contributed by atoms with E-state index in [1.807, 2.05) is 28.9 Å². The summed E-state index contributed by atoms with van der Waals surface area (Å²) >= 11 is 0. The Kier molecular flexibility index (Phi) is 5.50. The molecule has 3 amide bonds. The Labute approximate surface area is 165 Å². The molecule has 2 N–H and O–H groups in total. The van der Waals surface area contributed by atoms with Gasteiger partial charge in [0.1, 0.15) is 5.82 Å². The monoisotopic (exact) mass is 383 g/mol. The van der Waals surface area contributed by atoms with Crippen LogP contribution in [0.2, 0.25) is 0 Å². The Balaban J connectivity index is 1.34. The molecule has 7 heteroatoms. The molecule has 2 fully saturated rings. The number of carbonyl (C=O) groups is 2. The number of H-pyrrole nitrogens is 1. The summed E-state index contributed by atoms with van der Waals surface area (Å²) in [6.45, 7) is 4.84. The number of aromatic amines is 1. The van der Waals surface area contributed by atoms with Crippen LogP contribution in [0.25, 0.3) is 11.0 Å². The molecule has 2 aliphatic heterocycles. The smallest absolute Gasteiger partial charge is 0.318 e. The maximum Gasteiger partial charge on any atom is 0.318 e. The first-order valence-electron chi connectivity index (χ1n) is 10.4. The molecule has 0 saturated carbocycles. The Morgan fingerprint density at radius 1 is 1.29 bits per heavy atom. The van der Waals surface area contributed by atoms with Gasteiger partial charge in [-0.05, 0) is 56.7 Å². The van der Waals surface area contributed by atoms with Crippen LogP contribution in [-0.4, -0.2) is 57.4 Å². The van der Waals surface area contributed by atoms with Crippen molar-refractivity contribution in [3.05, 3.63) is 29.6 Å². The van der Waals surface area contributed by atoms with E-state index in [-0.39, 0.29) is 18.0 Å². The molecule has 1 atom stereocenters. The van der Waals surface area contributed by atoms with Crippen LogP contribution in [0.3, 0.4) is 0 Å². The minimum absolute atomic E-state index is 0.0333. The average molecular weight is 383 g/mol. The lowest BCUT2D eigenvalue weighted by atomic mass is 9.99. The molecule has 0 bridgehead atoms. The second-order valence-corrected chi connectivity index (χ2v) is 7.98. The van der Waals surface area contributed by atoms with E-state index in [1.165, 1.54) is 5.56 Å².